The maximum Gasteiger partial charge on any atom is 0.329 e. The van der Waals surface area contributed by atoms with Gasteiger partial charge < -0.3 is 10.0 Å². The van der Waals surface area contributed by atoms with E-state index in [4.69, 9.17) is 5.11 Å². The van der Waals surface area contributed by atoms with Crippen LogP contribution in [0.3, 0.4) is 0 Å². The third-order valence-electron chi connectivity index (χ3n) is 4.01. The smallest absolute Gasteiger partial charge is 0.329 e. The molecule has 0 spiro atoms. The number of carboxylic acids is 1. The Hall–Kier alpha value is -1.84. The summed E-state index contributed by atoms with van der Waals surface area (Å²) in [6.45, 7) is 3.06. The van der Waals surface area contributed by atoms with Crippen LogP contribution in [0.5, 0.6) is 0 Å². The Bertz CT molecular complexity index is 534. The molecule has 0 aromatic heterocycles. The Morgan fingerprint density at radius 1 is 1.21 bits per heavy atom. The number of aryl methyl sites for hydroxylation is 2. The van der Waals surface area contributed by atoms with Crippen LogP contribution in [0.15, 0.2) is 18.2 Å². The minimum absolute atomic E-state index is 0.248. The Morgan fingerprint density at radius 3 is 2.47 bits per heavy atom. The van der Waals surface area contributed by atoms with Gasteiger partial charge in [0.05, 0.1) is 0 Å². The number of hydrogen-bond donors (Lipinski definition) is 1. The van der Waals surface area contributed by atoms with E-state index in [1.54, 1.807) is 6.07 Å². The SMILES string of the molecule is CN(C(=O)c1ccc2c(c1)CCC2)C(C)(C)C(=O)O. The molecule has 2 rings (SSSR count). The average molecular weight is 261 g/mol. The third kappa shape index (κ3) is 2.35. The number of carboxylic acid groups (broad SMARTS) is 1. The number of fused-ring (bicyclic) bond motifs is 1. The fourth-order valence-electron chi connectivity index (χ4n) is 2.30. The minimum atomic E-state index is -1.21. The van der Waals surface area contributed by atoms with Crippen LogP contribution in [0.1, 0.15) is 41.8 Å². The van der Waals surface area contributed by atoms with E-state index in [0.29, 0.717) is 5.56 Å². The molecule has 0 unspecified atom stereocenters. The van der Waals surface area contributed by atoms with Gasteiger partial charge in [-0.25, -0.2) is 4.79 Å². The molecule has 0 atom stereocenters. The molecular weight excluding hydrogens is 242 g/mol. The number of nitrogens with zero attached hydrogens (tertiary/aromatic N) is 1. The molecule has 4 nitrogen and oxygen atoms in total. The first-order valence-electron chi connectivity index (χ1n) is 6.47. The van der Waals surface area contributed by atoms with Gasteiger partial charge in [-0.1, -0.05) is 6.07 Å². The molecule has 1 aliphatic carbocycles. The van der Waals surface area contributed by atoms with E-state index in [0.717, 1.165) is 19.3 Å². The zero-order valence-electron chi connectivity index (χ0n) is 11.6. The lowest BCUT2D eigenvalue weighted by Gasteiger charge is -2.31. The van der Waals surface area contributed by atoms with Gasteiger partial charge in [0.1, 0.15) is 5.54 Å². The van der Waals surface area contributed by atoms with E-state index in [1.807, 2.05) is 12.1 Å². The van der Waals surface area contributed by atoms with Crippen molar-refractivity contribution in [2.45, 2.75) is 38.6 Å². The van der Waals surface area contributed by atoms with Crippen molar-refractivity contribution in [3.63, 3.8) is 0 Å². The topological polar surface area (TPSA) is 57.6 Å². The first kappa shape index (κ1) is 13.6. The van der Waals surface area contributed by atoms with Gasteiger partial charge in [-0.15, -0.1) is 0 Å². The molecular formula is C15H19NO3. The molecule has 4 heteroatoms. The average Bonchev–Trinajstić information content (AvgIpc) is 2.83. The van der Waals surface area contributed by atoms with Gasteiger partial charge >= 0.3 is 5.97 Å². The normalized spacial score (nSPS) is 14.1. The van der Waals surface area contributed by atoms with Crippen LogP contribution in [0, 0.1) is 0 Å². The maximum absolute atomic E-state index is 12.4. The van der Waals surface area contributed by atoms with Crippen LogP contribution >= 0.6 is 0 Å². The lowest BCUT2D eigenvalue weighted by atomic mass is 10.0. The van der Waals surface area contributed by atoms with Crippen LogP contribution in [0.2, 0.25) is 0 Å². The molecule has 0 saturated heterocycles. The Kier molecular flexibility index (Phi) is 3.35. The van der Waals surface area contributed by atoms with E-state index < -0.39 is 11.5 Å². The summed E-state index contributed by atoms with van der Waals surface area (Å²) in [4.78, 5) is 24.8. The monoisotopic (exact) mass is 261 g/mol. The second kappa shape index (κ2) is 4.68. The molecule has 1 N–H and O–H groups in total. The van der Waals surface area contributed by atoms with Crippen molar-refractivity contribution >= 4 is 11.9 Å². The predicted octanol–water partition coefficient (Wildman–Crippen LogP) is 2.11. The summed E-state index contributed by atoms with van der Waals surface area (Å²) < 4.78 is 0. The molecule has 0 bridgehead atoms. The summed E-state index contributed by atoms with van der Waals surface area (Å²) in [5.74, 6) is -1.26. The van der Waals surface area contributed by atoms with Gasteiger partial charge in [0.25, 0.3) is 5.91 Å². The van der Waals surface area contributed by atoms with Gasteiger partial charge in [-0.3, -0.25) is 4.79 Å². The zero-order valence-corrected chi connectivity index (χ0v) is 11.6. The van der Waals surface area contributed by atoms with E-state index in [9.17, 15) is 9.59 Å². The highest BCUT2D eigenvalue weighted by molar-refractivity contribution is 5.97. The molecule has 1 aromatic rings. The Balaban J connectivity index is 2.27. The second-order valence-corrected chi connectivity index (χ2v) is 5.57. The fourth-order valence-corrected chi connectivity index (χ4v) is 2.30. The molecule has 0 radical (unpaired) electrons. The number of benzene rings is 1. The Morgan fingerprint density at radius 2 is 1.84 bits per heavy atom. The number of amides is 1. The standard InChI is InChI=1S/C15H19NO3/c1-15(2,14(18)19)16(3)13(17)12-8-7-10-5-4-6-11(10)9-12/h7-9H,4-6H2,1-3H3,(H,18,19). The number of aliphatic carboxylic acids is 1. The summed E-state index contributed by atoms with van der Waals surface area (Å²) in [6.07, 6.45) is 3.20. The number of hydrogen-bond acceptors (Lipinski definition) is 2. The number of rotatable bonds is 3. The van der Waals surface area contributed by atoms with Gasteiger partial charge in [0, 0.05) is 12.6 Å². The van der Waals surface area contributed by atoms with Gasteiger partial charge in [0.2, 0.25) is 0 Å². The molecule has 1 amide bonds. The van der Waals surface area contributed by atoms with Crippen molar-refractivity contribution in [2.75, 3.05) is 7.05 Å². The highest BCUT2D eigenvalue weighted by Crippen LogP contribution is 2.24. The van der Waals surface area contributed by atoms with Crippen molar-refractivity contribution in [1.82, 2.24) is 4.90 Å². The van der Waals surface area contributed by atoms with Crippen molar-refractivity contribution in [3.8, 4) is 0 Å². The quantitative estimate of drug-likeness (QED) is 0.906. The van der Waals surface area contributed by atoms with Gasteiger partial charge in [-0.05, 0) is 56.4 Å². The van der Waals surface area contributed by atoms with Crippen molar-refractivity contribution in [3.05, 3.63) is 34.9 Å². The molecule has 1 aliphatic rings. The third-order valence-corrected chi connectivity index (χ3v) is 4.01. The van der Waals surface area contributed by atoms with E-state index in [1.165, 1.54) is 36.9 Å². The molecule has 102 valence electrons. The maximum atomic E-state index is 12.4. The molecule has 1 aromatic carbocycles. The molecule has 0 saturated carbocycles. The summed E-state index contributed by atoms with van der Waals surface area (Å²) in [5.41, 5.74) is 1.87. The fraction of sp³-hybridized carbons (Fsp3) is 0.467. The highest BCUT2D eigenvalue weighted by Gasteiger charge is 2.35. The van der Waals surface area contributed by atoms with E-state index in [-0.39, 0.29) is 5.91 Å². The number of carbonyl (C=O) groups excluding carboxylic acids is 1. The summed E-state index contributed by atoms with van der Waals surface area (Å²) in [7, 11) is 1.53. The number of likely N-dealkylation sites (N-methyl/N-ethyl adjacent to an activating group) is 1. The number of carbonyl (C=O) groups is 2. The van der Waals surface area contributed by atoms with E-state index in [2.05, 4.69) is 0 Å². The summed E-state index contributed by atoms with van der Waals surface area (Å²) in [6, 6.07) is 5.68. The van der Waals surface area contributed by atoms with Gasteiger partial charge in [0.15, 0.2) is 0 Å². The van der Waals surface area contributed by atoms with E-state index >= 15 is 0 Å². The van der Waals surface area contributed by atoms with Crippen LogP contribution in [-0.4, -0.2) is 34.5 Å². The minimum Gasteiger partial charge on any atom is -0.480 e. The molecule has 0 fully saturated rings. The van der Waals surface area contributed by atoms with Gasteiger partial charge in [-0.2, -0.15) is 0 Å². The van der Waals surface area contributed by atoms with Crippen molar-refractivity contribution in [1.29, 1.82) is 0 Å². The van der Waals surface area contributed by atoms with Crippen LogP contribution in [0.4, 0.5) is 0 Å². The largest absolute Gasteiger partial charge is 0.480 e. The molecule has 19 heavy (non-hydrogen) atoms. The van der Waals surface area contributed by atoms with Crippen molar-refractivity contribution < 1.29 is 14.7 Å². The highest BCUT2D eigenvalue weighted by atomic mass is 16.4. The molecule has 0 heterocycles. The van der Waals surface area contributed by atoms with Crippen LogP contribution < -0.4 is 0 Å². The zero-order chi connectivity index (χ0) is 14.2. The second-order valence-electron chi connectivity index (χ2n) is 5.57. The first-order valence-corrected chi connectivity index (χ1v) is 6.47. The van der Waals surface area contributed by atoms with Crippen LogP contribution in [-0.2, 0) is 17.6 Å². The first-order chi connectivity index (χ1) is 8.84. The van der Waals surface area contributed by atoms with Crippen LogP contribution in [0.25, 0.3) is 0 Å². The lowest BCUT2D eigenvalue weighted by molar-refractivity contribution is -0.147. The van der Waals surface area contributed by atoms with Crippen molar-refractivity contribution in [2.24, 2.45) is 0 Å². The summed E-state index contributed by atoms with van der Waals surface area (Å²) in [5, 5.41) is 9.17. The lowest BCUT2D eigenvalue weighted by Crippen LogP contribution is -2.50. The Labute approximate surface area is 113 Å². The summed E-state index contributed by atoms with van der Waals surface area (Å²) >= 11 is 0. The molecule has 0 aliphatic heterocycles. The predicted molar refractivity (Wildman–Crippen MR) is 72.3 cm³/mol.